The highest BCUT2D eigenvalue weighted by Gasteiger charge is 2.29. The van der Waals surface area contributed by atoms with E-state index in [1.165, 1.54) is 0 Å². The minimum atomic E-state index is -0.523. The van der Waals surface area contributed by atoms with Crippen LogP contribution in [0.2, 0.25) is 20.1 Å². The summed E-state index contributed by atoms with van der Waals surface area (Å²) in [4.78, 5) is 16.5. The van der Waals surface area contributed by atoms with Gasteiger partial charge in [-0.1, -0.05) is 76.2 Å². The van der Waals surface area contributed by atoms with Gasteiger partial charge in [0.2, 0.25) is 0 Å². The number of halogens is 6. The summed E-state index contributed by atoms with van der Waals surface area (Å²) in [5.41, 5.74) is 1.81. The first kappa shape index (κ1) is 29.9. The normalized spacial score (nSPS) is 14.4. The molecule has 3 aromatic carbocycles. The van der Waals surface area contributed by atoms with Crippen LogP contribution in [0, 0.1) is 0 Å². The summed E-state index contributed by atoms with van der Waals surface area (Å²) in [6.07, 6.45) is 3.74. The lowest BCUT2D eigenvalue weighted by atomic mass is 10.1. The smallest absolute Gasteiger partial charge is 0.164 e. The van der Waals surface area contributed by atoms with Crippen LogP contribution in [-0.4, -0.2) is 34.3 Å². The van der Waals surface area contributed by atoms with Crippen molar-refractivity contribution in [1.82, 2.24) is 9.80 Å². The number of carbonyl (C=O) groups excluding carboxylic acids is 1. The highest BCUT2D eigenvalue weighted by Crippen LogP contribution is 2.33. The van der Waals surface area contributed by atoms with Crippen molar-refractivity contribution in [2.45, 2.75) is 24.6 Å². The topological polar surface area (TPSA) is 32.8 Å². The summed E-state index contributed by atoms with van der Waals surface area (Å²) in [6, 6.07) is 19.6. The van der Waals surface area contributed by atoms with E-state index in [2.05, 4.69) is 0 Å². The van der Waals surface area contributed by atoms with E-state index >= 15 is 0 Å². The number of alkyl halides is 1. The predicted molar refractivity (Wildman–Crippen MR) is 155 cm³/mol. The number of ketones is 1. The lowest BCUT2D eigenvalue weighted by Crippen LogP contribution is -2.36. The van der Waals surface area contributed by atoms with Crippen LogP contribution in [-0.2, 0) is 11.3 Å². The highest BCUT2D eigenvalue weighted by atomic mass is 35.5. The van der Waals surface area contributed by atoms with Crippen molar-refractivity contribution in [3.8, 4) is 0 Å². The summed E-state index contributed by atoms with van der Waals surface area (Å²) in [5, 5.41) is 2.32. The Balaban J connectivity index is 0.00000380. The Morgan fingerprint density at radius 1 is 0.865 bits per heavy atom. The van der Waals surface area contributed by atoms with Crippen LogP contribution in [0.3, 0.4) is 0 Å². The van der Waals surface area contributed by atoms with E-state index in [4.69, 9.17) is 62.7 Å². The van der Waals surface area contributed by atoms with Gasteiger partial charge in [-0.3, -0.25) is 4.79 Å². The SMILES string of the molecule is Cl.O=C(CCN1C=CN(C(Cl)C(OCc2ccc(Cl)cc2Cl)c2ccc(Cl)cc2)C1)c1ccc(Cl)cc1. The largest absolute Gasteiger partial charge is 0.365 e. The van der Waals surface area contributed by atoms with E-state index in [1.807, 2.05) is 40.4 Å². The number of ether oxygens (including phenoxy) is 1. The minimum absolute atomic E-state index is 0. The average molecular weight is 621 g/mol. The second-order valence-electron chi connectivity index (χ2n) is 8.34. The third-order valence-electron chi connectivity index (χ3n) is 5.80. The molecule has 1 aliphatic heterocycles. The molecule has 196 valence electrons. The van der Waals surface area contributed by atoms with Crippen molar-refractivity contribution in [3.63, 3.8) is 0 Å². The fourth-order valence-electron chi connectivity index (χ4n) is 3.79. The number of rotatable bonds is 10. The maximum atomic E-state index is 12.5. The molecule has 2 atom stereocenters. The summed E-state index contributed by atoms with van der Waals surface area (Å²) in [5.74, 6) is 0.0585. The molecule has 0 aliphatic carbocycles. The molecular formula is C27H24Cl6N2O2. The number of nitrogens with zero attached hydrogens (tertiary/aromatic N) is 2. The van der Waals surface area contributed by atoms with Gasteiger partial charge in [0, 0.05) is 51.0 Å². The molecule has 10 heteroatoms. The van der Waals surface area contributed by atoms with Crippen molar-refractivity contribution >= 4 is 76.2 Å². The first-order valence-corrected chi connectivity index (χ1v) is 13.2. The van der Waals surface area contributed by atoms with E-state index in [1.54, 1.807) is 48.5 Å². The molecule has 2 unspecified atom stereocenters. The molecule has 4 rings (SSSR count). The van der Waals surface area contributed by atoms with Crippen LogP contribution in [0.15, 0.2) is 79.1 Å². The maximum absolute atomic E-state index is 12.5. The van der Waals surface area contributed by atoms with Crippen LogP contribution in [0.4, 0.5) is 0 Å². The number of hydrogen-bond acceptors (Lipinski definition) is 4. The molecule has 0 saturated carbocycles. The van der Waals surface area contributed by atoms with Crippen molar-refractivity contribution in [1.29, 1.82) is 0 Å². The van der Waals surface area contributed by atoms with Gasteiger partial charge in [-0.15, -0.1) is 12.4 Å². The quantitative estimate of drug-likeness (QED) is 0.129. The van der Waals surface area contributed by atoms with Crippen molar-refractivity contribution in [2.24, 2.45) is 0 Å². The summed E-state index contributed by atoms with van der Waals surface area (Å²) in [6.45, 7) is 1.34. The second-order valence-corrected chi connectivity index (χ2v) is 10.5. The monoisotopic (exact) mass is 618 g/mol. The van der Waals surface area contributed by atoms with Crippen LogP contribution in [0.5, 0.6) is 0 Å². The molecule has 0 spiro atoms. The number of Topliss-reactive ketones (excluding diaryl/α,β-unsaturated/α-hetero) is 1. The zero-order chi connectivity index (χ0) is 25.7. The van der Waals surface area contributed by atoms with Crippen LogP contribution >= 0.6 is 70.4 Å². The van der Waals surface area contributed by atoms with E-state index in [0.717, 1.165) is 11.1 Å². The molecule has 0 fully saturated rings. The van der Waals surface area contributed by atoms with E-state index < -0.39 is 11.6 Å². The molecule has 0 radical (unpaired) electrons. The Bertz CT molecular complexity index is 1220. The number of hydrogen-bond donors (Lipinski definition) is 0. The van der Waals surface area contributed by atoms with E-state index in [9.17, 15) is 4.79 Å². The van der Waals surface area contributed by atoms with Gasteiger partial charge in [-0.05, 0) is 59.7 Å². The fraction of sp³-hybridized carbons (Fsp3) is 0.222. The summed E-state index contributed by atoms with van der Waals surface area (Å²) < 4.78 is 6.29. The average Bonchev–Trinajstić information content (AvgIpc) is 3.34. The minimum Gasteiger partial charge on any atom is -0.365 e. The van der Waals surface area contributed by atoms with E-state index in [-0.39, 0.29) is 24.8 Å². The lowest BCUT2D eigenvalue weighted by molar-refractivity contribution is 0.00683. The predicted octanol–water partition coefficient (Wildman–Crippen LogP) is 8.86. The molecule has 0 bridgehead atoms. The van der Waals surface area contributed by atoms with Crippen molar-refractivity contribution in [3.05, 3.63) is 116 Å². The zero-order valence-electron chi connectivity index (χ0n) is 19.5. The summed E-state index contributed by atoms with van der Waals surface area (Å²) in [7, 11) is 0. The molecule has 37 heavy (non-hydrogen) atoms. The van der Waals surface area contributed by atoms with Gasteiger partial charge in [0.25, 0.3) is 0 Å². The van der Waals surface area contributed by atoms with Gasteiger partial charge >= 0.3 is 0 Å². The molecule has 1 heterocycles. The third kappa shape index (κ3) is 8.18. The van der Waals surface area contributed by atoms with Crippen molar-refractivity contribution < 1.29 is 9.53 Å². The van der Waals surface area contributed by atoms with Gasteiger partial charge < -0.3 is 14.5 Å². The third-order valence-corrected chi connectivity index (χ3v) is 7.38. The molecular weight excluding hydrogens is 597 g/mol. The molecule has 3 aromatic rings. The van der Waals surface area contributed by atoms with Gasteiger partial charge in [0.05, 0.1) is 13.3 Å². The molecule has 0 amide bonds. The standard InChI is InChI=1S/C27H23Cl5N2O2.ClH/c28-21-6-1-18(2-7-21)25(35)11-12-33-13-14-34(17-33)27(32)26(19-3-8-22(29)9-4-19)36-16-20-5-10-23(30)15-24(20)31;/h1-10,13-15,26-27H,11-12,16-17H2;1H. The first-order chi connectivity index (χ1) is 17.3. The van der Waals surface area contributed by atoms with Gasteiger partial charge in [0.15, 0.2) is 5.78 Å². The van der Waals surface area contributed by atoms with Gasteiger partial charge in [-0.2, -0.15) is 0 Å². The Hall–Kier alpha value is -1.63. The van der Waals surface area contributed by atoms with Crippen LogP contribution < -0.4 is 0 Å². The molecule has 4 nitrogen and oxygen atoms in total. The maximum Gasteiger partial charge on any atom is 0.164 e. The number of carbonyl (C=O) groups is 1. The fourth-order valence-corrected chi connectivity index (χ4v) is 4.85. The number of benzene rings is 3. The Labute approximate surface area is 248 Å². The lowest BCUT2D eigenvalue weighted by Gasteiger charge is -2.31. The van der Waals surface area contributed by atoms with Gasteiger partial charge in [0.1, 0.15) is 11.6 Å². The van der Waals surface area contributed by atoms with Crippen LogP contribution in [0.25, 0.3) is 0 Å². The highest BCUT2D eigenvalue weighted by molar-refractivity contribution is 6.35. The molecule has 1 aliphatic rings. The van der Waals surface area contributed by atoms with Crippen LogP contribution in [0.1, 0.15) is 34.0 Å². The second kappa shape index (κ2) is 14.0. The zero-order valence-corrected chi connectivity index (χ0v) is 24.1. The van der Waals surface area contributed by atoms with E-state index in [0.29, 0.717) is 45.3 Å². The molecule has 0 N–H and O–H groups in total. The summed E-state index contributed by atoms with van der Waals surface area (Å²) >= 11 is 31.3. The molecule has 0 aromatic heterocycles. The van der Waals surface area contributed by atoms with Gasteiger partial charge in [-0.25, -0.2) is 0 Å². The Morgan fingerprint density at radius 3 is 2.14 bits per heavy atom. The van der Waals surface area contributed by atoms with Crippen molar-refractivity contribution in [2.75, 3.05) is 13.2 Å². The first-order valence-electron chi connectivity index (χ1n) is 11.2. The Morgan fingerprint density at radius 2 is 1.49 bits per heavy atom. The molecule has 0 saturated heterocycles. The Kier molecular flexibility index (Phi) is 11.3.